The Kier molecular flexibility index (Phi) is 4.56. The summed E-state index contributed by atoms with van der Waals surface area (Å²) in [5.74, 6) is -0.00594. The second kappa shape index (κ2) is 6.17. The molecule has 19 heavy (non-hydrogen) atoms. The van der Waals surface area contributed by atoms with Crippen LogP contribution in [0.5, 0.6) is 5.75 Å². The molecule has 1 atom stereocenters. The quantitative estimate of drug-likeness (QED) is 0.897. The number of nitrogens with one attached hydrogen (secondary N) is 1. The summed E-state index contributed by atoms with van der Waals surface area (Å²) in [4.78, 5) is 0. The van der Waals surface area contributed by atoms with Crippen LogP contribution in [0.15, 0.2) is 46.9 Å². The van der Waals surface area contributed by atoms with Gasteiger partial charge in [-0.3, -0.25) is 0 Å². The Hall–Kier alpha value is -1.39. The van der Waals surface area contributed by atoms with Gasteiger partial charge >= 0.3 is 0 Å². The van der Waals surface area contributed by atoms with E-state index >= 15 is 0 Å². The van der Waals surface area contributed by atoms with Crippen molar-refractivity contribution in [2.75, 3.05) is 7.05 Å². The zero-order valence-electron chi connectivity index (χ0n) is 10.5. The third kappa shape index (κ3) is 3.78. The first kappa shape index (κ1) is 14.0. The molecule has 0 spiro atoms. The van der Waals surface area contributed by atoms with E-state index in [1.54, 1.807) is 12.1 Å². The molecule has 0 aliphatic heterocycles. The minimum absolute atomic E-state index is 0.0246. The van der Waals surface area contributed by atoms with Crippen molar-refractivity contribution < 1.29 is 9.50 Å². The van der Waals surface area contributed by atoms with E-state index in [4.69, 9.17) is 0 Å². The first-order valence-corrected chi connectivity index (χ1v) is 6.79. The topological polar surface area (TPSA) is 32.3 Å². The number of phenols is 1. The van der Waals surface area contributed by atoms with Gasteiger partial charge in [0.2, 0.25) is 0 Å². The van der Waals surface area contributed by atoms with Crippen molar-refractivity contribution in [2.24, 2.45) is 0 Å². The van der Waals surface area contributed by atoms with Crippen molar-refractivity contribution in [2.45, 2.75) is 12.5 Å². The standard InChI is InChI=1S/C15H15BrFNO/c1-18-15(6-10-2-4-14(19)5-3-10)11-7-12(16)9-13(17)8-11/h2-5,7-9,15,18-19H,6H2,1H3. The van der Waals surface area contributed by atoms with Crippen molar-refractivity contribution in [1.29, 1.82) is 0 Å². The van der Waals surface area contributed by atoms with Crippen LogP contribution in [0, 0.1) is 5.82 Å². The highest BCUT2D eigenvalue weighted by Crippen LogP contribution is 2.23. The van der Waals surface area contributed by atoms with Gasteiger partial charge in [-0.25, -0.2) is 4.39 Å². The average Bonchev–Trinajstić information content (AvgIpc) is 2.37. The zero-order chi connectivity index (χ0) is 13.8. The summed E-state index contributed by atoms with van der Waals surface area (Å²) in [5.41, 5.74) is 1.97. The van der Waals surface area contributed by atoms with E-state index < -0.39 is 0 Å². The van der Waals surface area contributed by atoms with Gasteiger partial charge in [-0.05, 0) is 54.9 Å². The fourth-order valence-electron chi connectivity index (χ4n) is 2.03. The molecule has 2 rings (SSSR count). The molecule has 0 aliphatic carbocycles. The fourth-order valence-corrected chi connectivity index (χ4v) is 2.51. The third-order valence-electron chi connectivity index (χ3n) is 3.01. The summed E-state index contributed by atoms with van der Waals surface area (Å²) >= 11 is 3.30. The van der Waals surface area contributed by atoms with E-state index in [0.717, 1.165) is 22.0 Å². The minimum atomic E-state index is -0.254. The molecule has 0 amide bonds. The van der Waals surface area contributed by atoms with E-state index in [0.29, 0.717) is 0 Å². The number of rotatable bonds is 4. The highest BCUT2D eigenvalue weighted by molar-refractivity contribution is 9.10. The lowest BCUT2D eigenvalue weighted by molar-refractivity contribution is 0.475. The summed E-state index contributed by atoms with van der Waals surface area (Å²) in [6.07, 6.45) is 0.729. The van der Waals surface area contributed by atoms with Crippen LogP contribution in [0.1, 0.15) is 17.2 Å². The molecule has 1 unspecified atom stereocenters. The number of aromatic hydroxyl groups is 1. The molecule has 0 aliphatic rings. The molecule has 0 aromatic heterocycles. The second-order valence-electron chi connectivity index (χ2n) is 4.41. The van der Waals surface area contributed by atoms with Crippen molar-refractivity contribution in [3.05, 3.63) is 63.9 Å². The average molecular weight is 324 g/mol. The van der Waals surface area contributed by atoms with Crippen molar-refractivity contribution in [3.63, 3.8) is 0 Å². The summed E-state index contributed by atoms with van der Waals surface area (Å²) in [5, 5.41) is 12.5. The van der Waals surface area contributed by atoms with E-state index in [1.807, 2.05) is 25.2 Å². The smallest absolute Gasteiger partial charge is 0.124 e. The lowest BCUT2D eigenvalue weighted by Crippen LogP contribution is -2.19. The highest BCUT2D eigenvalue weighted by Gasteiger charge is 2.12. The number of benzene rings is 2. The molecule has 0 saturated heterocycles. The Balaban J connectivity index is 2.22. The summed E-state index contributed by atoms with van der Waals surface area (Å²) in [6, 6.07) is 12.0. The van der Waals surface area contributed by atoms with Gasteiger partial charge in [0.25, 0.3) is 0 Å². The van der Waals surface area contributed by atoms with Crippen molar-refractivity contribution >= 4 is 15.9 Å². The molecule has 4 heteroatoms. The Morgan fingerprint density at radius 3 is 2.47 bits per heavy atom. The lowest BCUT2D eigenvalue weighted by Gasteiger charge is -2.17. The summed E-state index contributed by atoms with van der Waals surface area (Å²) < 4.78 is 14.2. The van der Waals surface area contributed by atoms with Crippen LogP contribution in [0.2, 0.25) is 0 Å². The largest absolute Gasteiger partial charge is 0.508 e. The van der Waals surface area contributed by atoms with Crippen LogP contribution in [0.4, 0.5) is 4.39 Å². The number of hydrogen-bond donors (Lipinski definition) is 2. The van der Waals surface area contributed by atoms with E-state index in [-0.39, 0.29) is 17.6 Å². The Morgan fingerprint density at radius 2 is 1.89 bits per heavy atom. The SMILES string of the molecule is CNC(Cc1ccc(O)cc1)c1cc(F)cc(Br)c1. The van der Waals surface area contributed by atoms with Crippen LogP contribution in [0.25, 0.3) is 0 Å². The molecule has 2 N–H and O–H groups in total. The normalized spacial score (nSPS) is 12.4. The highest BCUT2D eigenvalue weighted by atomic mass is 79.9. The van der Waals surface area contributed by atoms with Gasteiger partial charge in [-0.15, -0.1) is 0 Å². The van der Waals surface area contributed by atoms with Crippen LogP contribution >= 0.6 is 15.9 Å². The van der Waals surface area contributed by atoms with Gasteiger partial charge in [0, 0.05) is 10.5 Å². The number of halogens is 2. The van der Waals surface area contributed by atoms with Crippen LogP contribution in [0.3, 0.4) is 0 Å². The Bertz CT molecular complexity index is 536. The molecular formula is C15H15BrFNO. The monoisotopic (exact) mass is 323 g/mol. The fraction of sp³-hybridized carbons (Fsp3) is 0.200. The van der Waals surface area contributed by atoms with Gasteiger partial charge in [0.1, 0.15) is 11.6 Å². The molecule has 0 heterocycles. The molecule has 100 valence electrons. The molecule has 2 aromatic rings. The predicted molar refractivity (Wildman–Crippen MR) is 77.7 cm³/mol. The van der Waals surface area contributed by atoms with E-state index in [9.17, 15) is 9.50 Å². The predicted octanol–water partition coefficient (Wildman–Crippen LogP) is 3.80. The van der Waals surface area contributed by atoms with Gasteiger partial charge in [-0.2, -0.15) is 0 Å². The van der Waals surface area contributed by atoms with E-state index in [2.05, 4.69) is 21.2 Å². The molecular weight excluding hydrogens is 309 g/mol. The molecule has 2 aromatic carbocycles. The molecule has 0 radical (unpaired) electrons. The first-order valence-electron chi connectivity index (χ1n) is 5.99. The van der Waals surface area contributed by atoms with E-state index in [1.165, 1.54) is 12.1 Å². The zero-order valence-corrected chi connectivity index (χ0v) is 12.1. The molecule has 0 fully saturated rings. The Morgan fingerprint density at radius 1 is 1.21 bits per heavy atom. The second-order valence-corrected chi connectivity index (χ2v) is 5.33. The number of likely N-dealkylation sites (N-methyl/N-ethyl adjacent to an activating group) is 1. The number of hydrogen-bond acceptors (Lipinski definition) is 2. The van der Waals surface area contributed by atoms with Gasteiger partial charge in [-0.1, -0.05) is 28.1 Å². The first-order chi connectivity index (χ1) is 9.08. The molecule has 0 bridgehead atoms. The van der Waals surface area contributed by atoms with Crippen LogP contribution < -0.4 is 5.32 Å². The third-order valence-corrected chi connectivity index (χ3v) is 3.47. The van der Waals surface area contributed by atoms with Gasteiger partial charge < -0.3 is 10.4 Å². The van der Waals surface area contributed by atoms with Crippen LogP contribution in [-0.2, 0) is 6.42 Å². The number of phenolic OH excluding ortho intramolecular Hbond substituents is 1. The van der Waals surface area contributed by atoms with Gasteiger partial charge in [0.15, 0.2) is 0 Å². The Labute approximate surface area is 120 Å². The lowest BCUT2D eigenvalue weighted by atomic mass is 9.99. The van der Waals surface area contributed by atoms with Crippen molar-refractivity contribution in [1.82, 2.24) is 5.32 Å². The molecule has 2 nitrogen and oxygen atoms in total. The van der Waals surface area contributed by atoms with Crippen molar-refractivity contribution in [3.8, 4) is 5.75 Å². The van der Waals surface area contributed by atoms with Gasteiger partial charge in [0.05, 0.1) is 0 Å². The maximum absolute atomic E-state index is 13.4. The van der Waals surface area contributed by atoms with Crippen LogP contribution in [-0.4, -0.2) is 12.2 Å². The summed E-state index contributed by atoms with van der Waals surface area (Å²) in [7, 11) is 1.85. The maximum atomic E-state index is 13.4. The molecule has 0 saturated carbocycles. The minimum Gasteiger partial charge on any atom is -0.508 e. The summed E-state index contributed by atoms with van der Waals surface area (Å²) in [6.45, 7) is 0. The maximum Gasteiger partial charge on any atom is 0.124 e.